The van der Waals surface area contributed by atoms with Gasteiger partial charge in [0.2, 0.25) is 0 Å². The molecule has 0 unspecified atom stereocenters. The number of fused-ring (bicyclic) bond motifs is 4. The van der Waals surface area contributed by atoms with E-state index in [1.165, 1.54) is 36.9 Å². The van der Waals surface area contributed by atoms with Gasteiger partial charge in [0.15, 0.2) is 0 Å². The maximum absolute atomic E-state index is 9.90. The van der Waals surface area contributed by atoms with Crippen LogP contribution in [-0.2, 0) is 11.8 Å². The largest absolute Gasteiger partial charge is 0.508 e. The molecule has 0 radical (unpaired) electrons. The highest BCUT2D eigenvalue weighted by atomic mass is 16.3. The predicted octanol–water partition coefficient (Wildman–Crippen LogP) is 3.71. The molecule has 4 atom stereocenters. The van der Waals surface area contributed by atoms with E-state index in [2.05, 4.69) is 31.7 Å². The molecule has 1 saturated carbocycles. The van der Waals surface area contributed by atoms with E-state index in [4.69, 9.17) is 0 Å². The van der Waals surface area contributed by atoms with E-state index in [1.807, 2.05) is 12.1 Å². The monoisotopic (exact) mass is 285 g/mol. The molecule has 2 aliphatic carbocycles. The van der Waals surface area contributed by atoms with E-state index in [9.17, 15) is 5.11 Å². The molecule has 1 aliphatic heterocycles. The molecule has 3 aliphatic rings. The lowest BCUT2D eigenvalue weighted by molar-refractivity contribution is 0.000427. The van der Waals surface area contributed by atoms with Gasteiger partial charge in [0.05, 0.1) is 0 Å². The van der Waals surface area contributed by atoms with Crippen molar-refractivity contribution in [3.63, 3.8) is 0 Å². The van der Waals surface area contributed by atoms with Crippen LogP contribution in [0.3, 0.4) is 0 Å². The fraction of sp³-hybridized carbons (Fsp3) is 0.684. The number of hydrogen-bond donors (Lipinski definition) is 1. The molecule has 0 amide bonds. The van der Waals surface area contributed by atoms with Crippen molar-refractivity contribution in [2.24, 2.45) is 11.8 Å². The molecule has 2 heteroatoms. The zero-order chi connectivity index (χ0) is 14.8. The van der Waals surface area contributed by atoms with Crippen molar-refractivity contribution in [3.8, 4) is 5.75 Å². The first-order chi connectivity index (χ1) is 10.0. The van der Waals surface area contributed by atoms with Gasteiger partial charge in [0.1, 0.15) is 5.75 Å². The Morgan fingerprint density at radius 1 is 1.33 bits per heavy atom. The summed E-state index contributed by atoms with van der Waals surface area (Å²) < 4.78 is 0. The molecule has 4 rings (SSSR count). The number of phenolic OH excluding ortho intramolecular Hbond substituents is 1. The first kappa shape index (κ1) is 13.6. The number of phenols is 1. The smallest absolute Gasteiger partial charge is 0.115 e. The normalized spacial score (nSPS) is 37.1. The molecule has 114 valence electrons. The third kappa shape index (κ3) is 1.95. The van der Waals surface area contributed by atoms with Crippen LogP contribution >= 0.6 is 0 Å². The lowest BCUT2D eigenvalue weighted by atomic mass is 9.58. The SMILES string of the molecule is C[C@@H](C1CC1)N1CC[C@]2(C)c3cc(O)ccc3C[C@@H]1[C@@H]2C. The molecule has 1 N–H and O–H groups in total. The Balaban J connectivity index is 1.73. The molecule has 21 heavy (non-hydrogen) atoms. The third-order valence-electron chi connectivity index (χ3n) is 6.86. The molecule has 1 aromatic carbocycles. The number of likely N-dealkylation sites (tertiary alicyclic amines) is 1. The lowest BCUT2D eigenvalue weighted by Gasteiger charge is -2.56. The van der Waals surface area contributed by atoms with Gasteiger partial charge in [-0.05, 0) is 79.7 Å². The number of aromatic hydroxyl groups is 1. The molecule has 2 fully saturated rings. The van der Waals surface area contributed by atoms with Crippen LogP contribution < -0.4 is 0 Å². The highest BCUT2D eigenvalue weighted by Crippen LogP contribution is 2.51. The van der Waals surface area contributed by atoms with Gasteiger partial charge in [0.25, 0.3) is 0 Å². The summed E-state index contributed by atoms with van der Waals surface area (Å²) in [7, 11) is 0. The van der Waals surface area contributed by atoms with Crippen LogP contribution in [0.15, 0.2) is 18.2 Å². The van der Waals surface area contributed by atoms with E-state index in [0.717, 1.165) is 18.4 Å². The highest BCUT2D eigenvalue weighted by Gasteiger charge is 2.50. The number of rotatable bonds is 2. The van der Waals surface area contributed by atoms with Gasteiger partial charge >= 0.3 is 0 Å². The Morgan fingerprint density at radius 2 is 2.10 bits per heavy atom. The van der Waals surface area contributed by atoms with Crippen LogP contribution in [0, 0.1) is 11.8 Å². The summed E-state index contributed by atoms with van der Waals surface area (Å²) in [6.07, 6.45) is 5.24. The molecular weight excluding hydrogens is 258 g/mol. The number of nitrogens with zero attached hydrogens (tertiary/aromatic N) is 1. The Kier molecular flexibility index (Phi) is 2.91. The predicted molar refractivity (Wildman–Crippen MR) is 85.6 cm³/mol. The fourth-order valence-electron chi connectivity index (χ4n) is 5.00. The maximum Gasteiger partial charge on any atom is 0.115 e. The average Bonchev–Trinajstić information content (AvgIpc) is 3.28. The summed E-state index contributed by atoms with van der Waals surface area (Å²) in [5.74, 6) is 2.04. The van der Waals surface area contributed by atoms with Gasteiger partial charge in [0, 0.05) is 12.1 Å². The first-order valence-electron chi connectivity index (χ1n) is 8.59. The van der Waals surface area contributed by atoms with E-state index in [1.54, 1.807) is 0 Å². The zero-order valence-electron chi connectivity index (χ0n) is 13.5. The minimum absolute atomic E-state index is 0.233. The quantitative estimate of drug-likeness (QED) is 0.895. The summed E-state index contributed by atoms with van der Waals surface area (Å²) in [6, 6.07) is 7.48. The van der Waals surface area contributed by atoms with Crippen molar-refractivity contribution in [3.05, 3.63) is 29.3 Å². The fourth-order valence-corrected chi connectivity index (χ4v) is 5.00. The minimum Gasteiger partial charge on any atom is -0.508 e. The molecule has 1 aromatic rings. The van der Waals surface area contributed by atoms with Crippen LogP contribution in [0.5, 0.6) is 5.75 Å². The second kappa shape index (κ2) is 4.49. The zero-order valence-corrected chi connectivity index (χ0v) is 13.5. The number of hydrogen-bond acceptors (Lipinski definition) is 2. The summed E-state index contributed by atoms with van der Waals surface area (Å²) in [5.41, 5.74) is 3.10. The molecule has 2 bridgehead atoms. The van der Waals surface area contributed by atoms with Gasteiger partial charge in [-0.2, -0.15) is 0 Å². The van der Waals surface area contributed by atoms with Crippen molar-refractivity contribution in [1.29, 1.82) is 0 Å². The van der Waals surface area contributed by atoms with Crippen LogP contribution in [0.2, 0.25) is 0 Å². The second-order valence-corrected chi connectivity index (χ2v) is 7.88. The van der Waals surface area contributed by atoms with Crippen molar-refractivity contribution in [2.45, 2.75) is 64.0 Å². The highest BCUT2D eigenvalue weighted by molar-refractivity contribution is 5.44. The van der Waals surface area contributed by atoms with Crippen molar-refractivity contribution >= 4 is 0 Å². The van der Waals surface area contributed by atoms with Gasteiger partial charge in [-0.15, -0.1) is 0 Å². The topological polar surface area (TPSA) is 23.5 Å². The van der Waals surface area contributed by atoms with Crippen LogP contribution in [-0.4, -0.2) is 28.6 Å². The number of benzene rings is 1. The molecule has 0 spiro atoms. The van der Waals surface area contributed by atoms with Crippen LogP contribution in [0.25, 0.3) is 0 Å². The number of piperidine rings is 1. The van der Waals surface area contributed by atoms with Gasteiger partial charge in [-0.25, -0.2) is 0 Å². The van der Waals surface area contributed by atoms with E-state index >= 15 is 0 Å². The standard InChI is InChI=1S/C19H27NO/c1-12-18-10-15-6-7-16(21)11-17(15)19(12,3)8-9-20(18)13(2)14-4-5-14/h6-7,11-14,18,21H,4-5,8-10H2,1-3H3/t12-,13-,18+,19-/m0/s1. The van der Waals surface area contributed by atoms with E-state index in [-0.39, 0.29) is 5.41 Å². The van der Waals surface area contributed by atoms with Gasteiger partial charge in [-0.3, -0.25) is 4.90 Å². The van der Waals surface area contributed by atoms with Crippen molar-refractivity contribution < 1.29 is 5.11 Å². The lowest BCUT2D eigenvalue weighted by Crippen LogP contribution is -2.60. The van der Waals surface area contributed by atoms with Gasteiger partial charge in [-0.1, -0.05) is 19.9 Å². The molecular formula is C19H27NO. The summed E-state index contributed by atoms with van der Waals surface area (Å²) in [5, 5.41) is 9.90. The summed E-state index contributed by atoms with van der Waals surface area (Å²) >= 11 is 0. The van der Waals surface area contributed by atoms with Crippen molar-refractivity contribution in [1.82, 2.24) is 4.90 Å². The minimum atomic E-state index is 0.233. The Labute approximate surface area is 128 Å². The Morgan fingerprint density at radius 3 is 2.81 bits per heavy atom. The van der Waals surface area contributed by atoms with Crippen molar-refractivity contribution in [2.75, 3.05) is 6.54 Å². The van der Waals surface area contributed by atoms with Crippen LogP contribution in [0.1, 0.15) is 51.2 Å². The Bertz CT molecular complexity index is 565. The van der Waals surface area contributed by atoms with Gasteiger partial charge < -0.3 is 5.11 Å². The van der Waals surface area contributed by atoms with E-state index in [0.29, 0.717) is 17.7 Å². The molecule has 0 aromatic heterocycles. The third-order valence-corrected chi connectivity index (χ3v) is 6.86. The molecule has 1 saturated heterocycles. The second-order valence-electron chi connectivity index (χ2n) is 7.88. The molecule has 1 heterocycles. The molecule has 2 nitrogen and oxygen atoms in total. The summed E-state index contributed by atoms with van der Waals surface area (Å²) in [4.78, 5) is 2.81. The summed E-state index contributed by atoms with van der Waals surface area (Å²) in [6.45, 7) is 8.52. The Hall–Kier alpha value is -1.02. The maximum atomic E-state index is 9.90. The van der Waals surface area contributed by atoms with E-state index < -0.39 is 0 Å². The average molecular weight is 285 g/mol. The first-order valence-corrected chi connectivity index (χ1v) is 8.59. The van der Waals surface area contributed by atoms with Crippen LogP contribution in [0.4, 0.5) is 0 Å².